The summed E-state index contributed by atoms with van der Waals surface area (Å²) in [6.07, 6.45) is -0.823. The largest absolute Gasteiger partial charge is 0.485 e. The van der Waals surface area contributed by atoms with Gasteiger partial charge in [-0.1, -0.05) is 35.9 Å². The molecule has 1 N–H and O–H groups in total. The first kappa shape index (κ1) is 20.9. The van der Waals surface area contributed by atoms with Gasteiger partial charge in [0.2, 0.25) is 6.10 Å². The number of carbonyl (C=O) groups is 2. The molecule has 2 aromatic carbocycles. The number of hydrogen-bond donors (Lipinski definition) is 1. The first-order valence-corrected chi connectivity index (χ1v) is 10.9. The Morgan fingerprint density at radius 2 is 1.90 bits per heavy atom. The Labute approximate surface area is 184 Å². The fraction of sp³-hybridized carbons (Fsp3) is 0.250. The summed E-state index contributed by atoms with van der Waals surface area (Å²) in [7, 11) is 0. The lowest BCUT2D eigenvalue weighted by atomic mass is 9.97. The maximum absolute atomic E-state index is 12.9. The number of aryl methyl sites for hydroxylation is 2. The molecule has 3 aromatic rings. The molecule has 7 heteroatoms. The van der Waals surface area contributed by atoms with Crippen molar-refractivity contribution in [1.29, 1.82) is 0 Å². The second-order valence-electron chi connectivity index (χ2n) is 7.25. The molecule has 160 valence electrons. The van der Waals surface area contributed by atoms with E-state index in [1.165, 1.54) is 11.3 Å². The van der Waals surface area contributed by atoms with Gasteiger partial charge in [0, 0.05) is 10.9 Å². The molecule has 2 heterocycles. The molecule has 1 atom stereocenters. The van der Waals surface area contributed by atoms with Gasteiger partial charge in [0.25, 0.3) is 5.91 Å². The van der Waals surface area contributed by atoms with Crippen LogP contribution < -0.4 is 14.8 Å². The second-order valence-corrected chi connectivity index (χ2v) is 8.13. The fourth-order valence-electron chi connectivity index (χ4n) is 3.51. The topological polar surface area (TPSA) is 73.9 Å². The van der Waals surface area contributed by atoms with Crippen LogP contribution in [0.4, 0.5) is 5.00 Å². The molecule has 1 aliphatic heterocycles. The lowest BCUT2D eigenvalue weighted by Crippen LogP contribution is -2.40. The lowest BCUT2D eigenvalue weighted by Gasteiger charge is -2.25. The highest BCUT2D eigenvalue weighted by Crippen LogP contribution is 2.38. The number of amides is 1. The van der Waals surface area contributed by atoms with E-state index in [2.05, 4.69) is 11.4 Å². The van der Waals surface area contributed by atoms with Crippen molar-refractivity contribution in [3.8, 4) is 22.6 Å². The number of anilines is 1. The van der Waals surface area contributed by atoms with Gasteiger partial charge >= 0.3 is 5.97 Å². The molecule has 1 unspecified atom stereocenters. The molecule has 0 radical (unpaired) electrons. The third kappa shape index (κ3) is 4.27. The Bertz CT molecular complexity index is 1140. The Balaban J connectivity index is 1.63. The maximum atomic E-state index is 12.9. The number of benzene rings is 2. The third-order valence-electron chi connectivity index (χ3n) is 4.98. The fourth-order valence-corrected chi connectivity index (χ4v) is 4.46. The maximum Gasteiger partial charge on any atom is 0.341 e. The third-order valence-corrected chi connectivity index (χ3v) is 5.88. The molecule has 31 heavy (non-hydrogen) atoms. The van der Waals surface area contributed by atoms with Crippen molar-refractivity contribution < 1.29 is 23.8 Å². The Hall–Kier alpha value is -3.32. The van der Waals surface area contributed by atoms with Crippen molar-refractivity contribution in [2.24, 2.45) is 0 Å². The van der Waals surface area contributed by atoms with Crippen LogP contribution in [0.1, 0.15) is 28.4 Å². The van der Waals surface area contributed by atoms with Crippen LogP contribution in [-0.2, 0) is 9.53 Å². The van der Waals surface area contributed by atoms with Gasteiger partial charge in [0.05, 0.1) is 6.61 Å². The lowest BCUT2D eigenvalue weighted by molar-refractivity contribution is -0.125. The van der Waals surface area contributed by atoms with E-state index in [9.17, 15) is 9.59 Å². The highest BCUT2D eigenvalue weighted by atomic mass is 32.1. The van der Waals surface area contributed by atoms with E-state index in [1.54, 1.807) is 19.1 Å². The molecule has 0 bridgehead atoms. The summed E-state index contributed by atoms with van der Waals surface area (Å²) >= 11 is 1.29. The number of rotatable bonds is 5. The Morgan fingerprint density at radius 1 is 1.13 bits per heavy atom. The van der Waals surface area contributed by atoms with Crippen molar-refractivity contribution in [2.45, 2.75) is 26.9 Å². The number of ether oxygens (including phenoxy) is 3. The van der Waals surface area contributed by atoms with E-state index in [1.807, 2.05) is 43.5 Å². The summed E-state index contributed by atoms with van der Waals surface area (Å²) in [4.78, 5) is 25.7. The van der Waals surface area contributed by atoms with Crippen LogP contribution in [0.3, 0.4) is 0 Å². The van der Waals surface area contributed by atoms with E-state index in [-0.39, 0.29) is 19.1 Å². The summed E-state index contributed by atoms with van der Waals surface area (Å²) in [6.45, 7) is 6.10. The molecule has 0 fully saturated rings. The molecule has 0 saturated heterocycles. The minimum atomic E-state index is -0.823. The molecule has 0 spiro atoms. The number of nitrogens with one attached hydrogen (secondary N) is 1. The van der Waals surface area contributed by atoms with Crippen LogP contribution in [0.25, 0.3) is 11.1 Å². The van der Waals surface area contributed by atoms with E-state index in [0.29, 0.717) is 22.1 Å². The molecule has 0 aliphatic carbocycles. The predicted molar refractivity (Wildman–Crippen MR) is 120 cm³/mol. The average molecular weight is 438 g/mol. The van der Waals surface area contributed by atoms with Crippen molar-refractivity contribution >= 4 is 28.2 Å². The van der Waals surface area contributed by atoms with Gasteiger partial charge in [0.15, 0.2) is 11.5 Å². The summed E-state index contributed by atoms with van der Waals surface area (Å²) in [5, 5.41) is 5.14. The van der Waals surface area contributed by atoms with Crippen LogP contribution in [0, 0.1) is 13.8 Å². The Morgan fingerprint density at radius 3 is 2.65 bits per heavy atom. The zero-order valence-electron chi connectivity index (χ0n) is 17.6. The number of carbonyl (C=O) groups excluding carboxylic acids is 2. The Kier molecular flexibility index (Phi) is 5.95. The van der Waals surface area contributed by atoms with Crippen LogP contribution in [0.2, 0.25) is 0 Å². The van der Waals surface area contributed by atoms with E-state index >= 15 is 0 Å². The van der Waals surface area contributed by atoms with Gasteiger partial charge in [-0.2, -0.15) is 0 Å². The number of hydrogen-bond acceptors (Lipinski definition) is 6. The predicted octanol–water partition coefficient (Wildman–Crippen LogP) is 4.99. The van der Waals surface area contributed by atoms with Crippen LogP contribution in [0.5, 0.6) is 11.5 Å². The smallest absolute Gasteiger partial charge is 0.341 e. The van der Waals surface area contributed by atoms with Gasteiger partial charge in [-0.15, -0.1) is 11.3 Å². The van der Waals surface area contributed by atoms with Crippen LogP contribution in [0.15, 0.2) is 47.8 Å². The normalized spacial score (nSPS) is 14.7. The molecule has 6 nitrogen and oxygen atoms in total. The number of esters is 1. The summed E-state index contributed by atoms with van der Waals surface area (Å²) < 4.78 is 16.7. The first-order chi connectivity index (χ1) is 15.0. The van der Waals surface area contributed by atoms with Crippen molar-refractivity contribution in [3.63, 3.8) is 0 Å². The molecule has 1 amide bonds. The van der Waals surface area contributed by atoms with Gasteiger partial charge in [-0.3, -0.25) is 4.79 Å². The van der Waals surface area contributed by atoms with E-state index in [0.717, 1.165) is 22.3 Å². The molecule has 1 aromatic heterocycles. The highest BCUT2D eigenvalue weighted by Gasteiger charge is 2.30. The molecular weight excluding hydrogens is 414 g/mol. The quantitative estimate of drug-likeness (QED) is 0.570. The average Bonchev–Trinajstić information content (AvgIpc) is 3.16. The number of thiophene rings is 1. The van der Waals surface area contributed by atoms with Crippen molar-refractivity contribution in [2.75, 3.05) is 18.5 Å². The number of para-hydroxylation sites is 2. The summed E-state index contributed by atoms with van der Waals surface area (Å²) in [6, 6.07) is 13.2. The zero-order valence-corrected chi connectivity index (χ0v) is 18.4. The second kappa shape index (κ2) is 8.81. The number of fused-ring (bicyclic) bond motifs is 1. The standard InChI is InChI=1S/C24H23NO5S/c1-4-28-24(27)21-17(16-10-9-14(2)11-15(16)3)13-31-23(21)25-22(26)20-12-29-18-7-5-6-8-19(18)30-20/h5-11,13,20H,4,12H2,1-3H3,(H,25,26). The minimum Gasteiger partial charge on any atom is -0.485 e. The summed E-state index contributed by atoms with van der Waals surface area (Å²) in [5.74, 6) is 0.267. The van der Waals surface area contributed by atoms with Gasteiger partial charge in [-0.05, 0) is 44.0 Å². The van der Waals surface area contributed by atoms with Crippen LogP contribution >= 0.6 is 11.3 Å². The van der Waals surface area contributed by atoms with Crippen LogP contribution in [-0.4, -0.2) is 31.2 Å². The van der Waals surface area contributed by atoms with E-state index in [4.69, 9.17) is 14.2 Å². The first-order valence-electron chi connectivity index (χ1n) is 10.0. The van der Waals surface area contributed by atoms with Gasteiger partial charge < -0.3 is 19.5 Å². The molecule has 4 rings (SSSR count). The SMILES string of the molecule is CCOC(=O)c1c(-c2ccc(C)cc2C)csc1NC(=O)C1COc2ccccc2O1. The van der Waals surface area contributed by atoms with Gasteiger partial charge in [0.1, 0.15) is 17.2 Å². The van der Waals surface area contributed by atoms with Crippen molar-refractivity contribution in [1.82, 2.24) is 0 Å². The molecule has 1 aliphatic rings. The van der Waals surface area contributed by atoms with Gasteiger partial charge in [-0.25, -0.2) is 4.79 Å². The monoisotopic (exact) mass is 437 g/mol. The molecule has 0 saturated carbocycles. The molecular formula is C24H23NO5S. The zero-order chi connectivity index (χ0) is 22.0. The summed E-state index contributed by atoms with van der Waals surface area (Å²) in [5.41, 5.74) is 4.20. The van der Waals surface area contributed by atoms with E-state index < -0.39 is 12.1 Å². The highest BCUT2D eigenvalue weighted by molar-refractivity contribution is 7.15. The minimum absolute atomic E-state index is 0.0902. The van der Waals surface area contributed by atoms with Crippen molar-refractivity contribution in [3.05, 3.63) is 64.5 Å².